The third kappa shape index (κ3) is 3.05. The Morgan fingerprint density at radius 1 is 0.488 bits per heavy atom. The molecule has 8 aromatic carbocycles. The van der Waals surface area contributed by atoms with Crippen LogP contribution in [0.3, 0.4) is 0 Å². The van der Waals surface area contributed by atoms with E-state index in [9.17, 15) is 0 Å². The molecule has 0 saturated heterocycles. The number of rotatable bonds is 2. The Morgan fingerprint density at radius 3 is 1.80 bits per heavy atom. The van der Waals surface area contributed by atoms with Crippen molar-refractivity contribution in [3.8, 4) is 33.4 Å². The third-order valence-electron chi connectivity index (χ3n) is 9.28. The number of fused-ring (bicyclic) bond motifs is 5. The Kier molecular flexibility index (Phi) is 3.62. The molecule has 0 radical (unpaired) electrons. The highest BCUT2D eigenvalue weighted by Crippen LogP contribution is 2.52. The van der Waals surface area contributed by atoms with Gasteiger partial charge in [0.25, 0.3) is 0 Å². The topological polar surface area (TPSA) is 0 Å². The van der Waals surface area contributed by atoms with E-state index in [2.05, 4.69) is 98.8 Å². The van der Waals surface area contributed by atoms with Crippen molar-refractivity contribution in [2.24, 2.45) is 0 Å². The lowest BCUT2D eigenvalue weighted by molar-refractivity contribution is 0.666. The van der Waals surface area contributed by atoms with Crippen molar-refractivity contribution in [1.29, 1.82) is 0 Å². The van der Waals surface area contributed by atoms with Crippen molar-refractivity contribution < 1.29 is 6.85 Å². The van der Waals surface area contributed by atoms with Gasteiger partial charge in [-0.1, -0.05) is 141 Å². The van der Waals surface area contributed by atoms with Crippen LogP contribution in [0, 0.1) is 0 Å². The molecule has 41 heavy (non-hydrogen) atoms. The largest absolute Gasteiger partial charge is 0.0629 e. The first-order valence-electron chi connectivity index (χ1n) is 16.6. The summed E-state index contributed by atoms with van der Waals surface area (Å²) in [5.41, 5.74) is 8.33. The van der Waals surface area contributed by atoms with Crippen LogP contribution in [-0.2, 0) is 5.41 Å². The Balaban J connectivity index is 1.28. The van der Waals surface area contributed by atoms with Gasteiger partial charge in [0.1, 0.15) is 0 Å². The van der Waals surface area contributed by atoms with Crippen LogP contribution in [0.25, 0.3) is 76.5 Å². The van der Waals surface area contributed by atoms with Crippen molar-refractivity contribution in [1.82, 2.24) is 0 Å². The molecule has 0 aromatic heterocycles. The molecule has 192 valence electrons. The molecule has 9 rings (SSSR count). The zero-order chi connectivity index (χ0) is 31.6. The monoisotopic (exact) mass is 525 g/mol. The molecule has 0 heterocycles. The van der Waals surface area contributed by atoms with E-state index in [0.29, 0.717) is 5.56 Å². The van der Waals surface area contributed by atoms with Gasteiger partial charge in [0.05, 0.1) is 6.85 Å². The second-order valence-corrected chi connectivity index (χ2v) is 11.7. The van der Waals surface area contributed by atoms with E-state index in [1.54, 1.807) is 0 Å². The predicted molar refractivity (Wildman–Crippen MR) is 176 cm³/mol. The van der Waals surface area contributed by atoms with Gasteiger partial charge in [0.15, 0.2) is 0 Å². The molecule has 0 spiro atoms. The first-order chi connectivity index (χ1) is 22.2. The molecule has 0 aliphatic heterocycles. The molecule has 1 aliphatic carbocycles. The summed E-state index contributed by atoms with van der Waals surface area (Å²) < 4.78 is 42.0. The minimum atomic E-state index is -0.380. The van der Waals surface area contributed by atoms with E-state index in [0.717, 1.165) is 43.4 Å². The van der Waals surface area contributed by atoms with Crippen LogP contribution in [-0.4, -0.2) is 0 Å². The van der Waals surface area contributed by atoms with E-state index < -0.39 is 0 Å². The van der Waals surface area contributed by atoms with E-state index >= 15 is 0 Å². The predicted octanol–water partition coefficient (Wildman–Crippen LogP) is 11.4. The van der Waals surface area contributed by atoms with Crippen LogP contribution in [0.2, 0.25) is 0 Å². The van der Waals surface area contributed by atoms with E-state index in [1.165, 1.54) is 33.0 Å². The average molecular weight is 526 g/mol. The smallest absolute Gasteiger partial charge is 0.0622 e. The summed E-state index contributed by atoms with van der Waals surface area (Å²) >= 11 is 0. The van der Waals surface area contributed by atoms with Crippen LogP contribution in [0.5, 0.6) is 0 Å². The van der Waals surface area contributed by atoms with E-state index in [-0.39, 0.29) is 41.2 Å². The van der Waals surface area contributed by atoms with Gasteiger partial charge in [0, 0.05) is 5.41 Å². The standard InChI is InChI=1S/C41H28/c1-41(2)37-24-29(17-20-33(37)36-23-12-26-10-6-7-11-32(26)40(36)41)31-19-14-28-15-21-34-30(25-8-4-3-5-9-25)18-13-27-16-22-35(31)39(28)38(27)34/h3-24H,1-2H3/i3D,4D,5D,8D,9D. The Morgan fingerprint density at radius 2 is 1.07 bits per heavy atom. The molecule has 0 amide bonds. The maximum Gasteiger partial charge on any atom is 0.0629 e. The maximum absolute atomic E-state index is 8.67. The molecule has 0 fully saturated rings. The fourth-order valence-electron chi connectivity index (χ4n) is 7.42. The first kappa shape index (κ1) is 18.4. The number of benzene rings is 8. The highest BCUT2D eigenvalue weighted by Gasteiger charge is 2.37. The average Bonchev–Trinajstić information content (AvgIpc) is 3.31. The van der Waals surface area contributed by atoms with Crippen LogP contribution in [0.1, 0.15) is 31.8 Å². The molecule has 0 nitrogen and oxygen atoms in total. The van der Waals surface area contributed by atoms with Gasteiger partial charge in [-0.05, 0) is 93.7 Å². The van der Waals surface area contributed by atoms with Gasteiger partial charge in [-0.25, -0.2) is 0 Å². The lowest BCUT2D eigenvalue weighted by atomic mass is 9.79. The van der Waals surface area contributed by atoms with Crippen molar-refractivity contribution in [3.63, 3.8) is 0 Å². The molecule has 0 heteroatoms. The number of hydrogen-bond donors (Lipinski definition) is 0. The number of hydrogen-bond acceptors (Lipinski definition) is 0. The van der Waals surface area contributed by atoms with Crippen LogP contribution in [0.4, 0.5) is 0 Å². The molecular formula is C41H28. The Bertz CT molecular complexity index is 2580. The minimum Gasteiger partial charge on any atom is -0.0622 e. The van der Waals surface area contributed by atoms with Gasteiger partial charge in [0.2, 0.25) is 0 Å². The van der Waals surface area contributed by atoms with Gasteiger partial charge in [-0.2, -0.15) is 0 Å². The molecule has 0 bridgehead atoms. The van der Waals surface area contributed by atoms with Gasteiger partial charge < -0.3 is 0 Å². The molecule has 8 aromatic rings. The fourth-order valence-corrected chi connectivity index (χ4v) is 7.42. The lowest BCUT2D eigenvalue weighted by Crippen LogP contribution is -2.15. The second kappa shape index (κ2) is 8.05. The fraction of sp³-hybridized carbons (Fsp3) is 0.0732. The van der Waals surface area contributed by atoms with E-state index in [4.69, 9.17) is 6.85 Å². The van der Waals surface area contributed by atoms with Crippen molar-refractivity contribution in [2.45, 2.75) is 19.3 Å². The molecule has 0 saturated carbocycles. The first-order valence-corrected chi connectivity index (χ1v) is 14.1. The van der Waals surface area contributed by atoms with Crippen molar-refractivity contribution in [3.05, 3.63) is 144 Å². The summed E-state index contributed by atoms with van der Waals surface area (Å²) in [7, 11) is 0. The molecule has 0 unspecified atom stereocenters. The second-order valence-electron chi connectivity index (χ2n) is 11.7. The van der Waals surface area contributed by atoms with Crippen LogP contribution in [0.15, 0.2) is 133 Å². The summed E-state index contributed by atoms with van der Waals surface area (Å²) in [6.45, 7) is 4.66. The molecule has 0 N–H and O–H groups in total. The lowest BCUT2D eigenvalue weighted by Gasteiger charge is -2.24. The van der Waals surface area contributed by atoms with Gasteiger partial charge in [-0.3, -0.25) is 0 Å². The highest BCUT2D eigenvalue weighted by atomic mass is 14.4. The normalized spacial score (nSPS) is 15.5. The van der Waals surface area contributed by atoms with Crippen molar-refractivity contribution >= 4 is 43.1 Å². The zero-order valence-corrected chi connectivity index (χ0v) is 22.8. The SMILES string of the molecule is [2H]c1c([2H])c([2H])c(-c2ccc3ccc4c(-c5ccc6c(c5)C(C)(C)c5c-6ccc6ccccc56)ccc5ccc2c3c54)c([2H])c1[2H]. The third-order valence-corrected chi connectivity index (χ3v) is 9.28. The summed E-state index contributed by atoms with van der Waals surface area (Å²) in [5.74, 6) is 0. The Labute approximate surface area is 246 Å². The van der Waals surface area contributed by atoms with Crippen LogP contribution < -0.4 is 0 Å². The van der Waals surface area contributed by atoms with Gasteiger partial charge in [-0.15, -0.1) is 0 Å². The van der Waals surface area contributed by atoms with Crippen molar-refractivity contribution in [2.75, 3.05) is 0 Å². The minimum absolute atomic E-state index is 0.163. The summed E-state index contributed by atoms with van der Waals surface area (Å²) in [6.07, 6.45) is 0. The summed E-state index contributed by atoms with van der Waals surface area (Å²) in [6, 6.07) is 35.4. The Hall–Kier alpha value is -4.94. The summed E-state index contributed by atoms with van der Waals surface area (Å²) in [5, 5.41) is 8.90. The molecular weight excluding hydrogens is 492 g/mol. The summed E-state index contributed by atoms with van der Waals surface area (Å²) in [4.78, 5) is 0. The van der Waals surface area contributed by atoms with Gasteiger partial charge >= 0.3 is 0 Å². The highest BCUT2D eigenvalue weighted by molar-refractivity contribution is 6.27. The quantitative estimate of drug-likeness (QED) is 0.197. The maximum atomic E-state index is 8.67. The zero-order valence-electron chi connectivity index (χ0n) is 27.8. The van der Waals surface area contributed by atoms with Crippen LogP contribution >= 0.6 is 0 Å². The van der Waals surface area contributed by atoms with E-state index in [1.807, 2.05) is 18.2 Å². The molecule has 1 aliphatic rings. The molecule has 0 atom stereocenters.